The van der Waals surface area contributed by atoms with Gasteiger partial charge < -0.3 is 8.83 Å². The van der Waals surface area contributed by atoms with E-state index in [2.05, 4.69) is 170 Å². The Hall–Kier alpha value is -7.16. The van der Waals surface area contributed by atoms with E-state index >= 15 is 0 Å². The molecule has 10 aromatic carbocycles. The monoisotopic (exact) mass is 686 g/mol. The summed E-state index contributed by atoms with van der Waals surface area (Å²) < 4.78 is 13.4. The molecule has 0 bridgehead atoms. The van der Waals surface area contributed by atoms with Crippen LogP contribution in [0.2, 0.25) is 0 Å². The standard InChI is InChI=1S/C52H30O2/c1-2-14-31(15-3-1)47-36-18-6-8-20-38(36)48(39-21-9-7-19-37(39)47)40-29-28-33(34-16-4-5-17-35(34)40)32-26-27-44-46(30-32)54-52-42-23-11-10-22-41(42)51-49(50(44)52)43-24-12-13-25-45(43)53-51/h1-30H. The number of fused-ring (bicyclic) bond motifs is 13. The van der Waals surface area contributed by atoms with Crippen LogP contribution in [0.5, 0.6) is 0 Å². The zero-order chi connectivity index (χ0) is 35.3. The minimum Gasteiger partial charge on any atom is -0.455 e. The van der Waals surface area contributed by atoms with Crippen LogP contribution < -0.4 is 0 Å². The minimum atomic E-state index is 0.868. The van der Waals surface area contributed by atoms with Gasteiger partial charge in [-0.25, -0.2) is 0 Å². The van der Waals surface area contributed by atoms with Crippen molar-refractivity contribution in [2.24, 2.45) is 0 Å². The molecule has 2 heterocycles. The molecule has 2 nitrogen and oxygen atoms in total. The maximum atomic E-state index is 6.86. The van der Waals surface area contributed by atoms with Crippen LogP contribution in [0, 0.1) is 0 Å². The fraction of sp³-hybridized carbons (Fsp3) is 0. The van der Waals surface area contributed by atoms with Gasteiger partial charge in [-0.1, -0.05) is 164 Å². The number of furan rings is 2. The summed E-state index contributed by atoms with van der Waals surface area (Å²) in [5.41, 5.74) is 10.9. The smallest absolute Gasteiger partial charge is 0.144 e. The molecule has 0 fully saturated rings. The maximum absolute atomic E-state index is 6.86. The summed E-state index contributed by atoms with van der Waals surface area (Å²) >= 11 is 0. The van der Waals surface area contributed by atoms with Gasteiger partial charge in [-0.05, 0) is 83.9 Å². The highest BCUT2D eigenvalue weighted by atomic mass is 16.3. The van der Waals surface area contributed by atoms with Gasteiger partial charge in [0.1, 0.15) is 22.3 Å². The molecule has 0 N–H and O–H groups in total. The first kappa shape index (κ1) is 29.4. The third-order valence-electron chi connectivity index (χ3n) is 11.5. The Bertz CT molecular complexity index is 3430. The largest absolute Gasteiger partial charge is 0.455 e. The number of para-hydroxylation sites is 1. The third-order valence-corrected chi connectivity index (χ3v) is 11.5. The van der Waals surface area contributed by atoms with Crippen molar-refractivity contribution >= 4 is 87.0 Å². The van der Waals surface area contributed by atoms with Gasteiger partial charge in [0.25, 0.3) is 0 Å². The molecule has 0 aliphatic rings. The van der Waals surface area contributed by atoms with Gasteiger partial charge in [-0.3, -0.25) is 0 Å². The summed E-state index contributed by atoms with van der Waals surface area (Å²) in [7, 11) is 0. The summed E-state index contributed by atoms with van der Waals surface area (Å²) in [4.78, 5) is 0. The Morgan fingerprint density at radius 2 is 0.704 bits per heavy atom. The average Bonchev–Trinajstić information content (AvgIpc) is 3.82. The lowest BCUT2D eigenvalue weighted by molar-refractivity contribution is 0.668. The number of hydrogen-bond donors (Lipinski definition) is 0. The van der Waals surface area contributed by atoms with Crippen molar-refractivity contribution in [2.45, 2.75) is 0 Å². The van der Waals surface area contributed by atoms with Crippen LogP contribution in [0.25, 0.3) is 120 Å². The second-order valence-corrected chi connectivity index (χ2v) is 14.3. The molecule has 0 aliphatic carbocycles. The molecule has 0 spiro atoms. The van der Waals surface area contributed by atoms with Crippen LogP contribution in [-0.2, 0) is 0 Å². The molecule has 0 amide bonds. The molecule has 2 heteroatoms. The molecule has 0 unspecified atom stereocenters. The summed E-state index contributed by atoms with van der Waals surface area (Å²) in [6.07, 6.45) is 0. The normalized spacial score (nSPS) is 12.1. The molecule has 0 atom stereocenters. The van der Waals surface area contributed by atoms with Gasteiger partial charge in [0, 0.05) is 32.3 Å². The Labute approximate surface area is 310 Å². The first-order chi connectivity index (χ1) is 26.8. The van der Waals surface area contributed by atoms with Gasteiger partial charge in [0.15, 0.2) is 0 Å². The quantitative estimate of drug-likeness (QED) is 0.173. The maximum Gasteiger partial charge on any atom is 0.144 e. The molecular formula is C52H30O2. The van der Waals surface area contributed by atoms with Crippen molar-refractivity contribution in [2.75, 3.05) is 0 Å². The summed E-state index contributed by atoms with van der Waals surface area (Å²) in [5.74, 6) is 0. The van der Waals surface area contributed by atoms with Crippen LogP contribution in [0.1, 0.15) is 0 Å². The molecule has 0 aliphatic heterocycles. The first-order valence-corrected chi connectivity index (χ1v) is 18.5. The lowest BCUT2D eigenvalue weighted by Crippen LogP contribution is -1.92. The van der Waals surface area contributed by atoms with Crippen LogP contribution >= 0.6 is 0 Å². The van der Waals surface area contributed by atoms with E-state index in [0.29, 0.717) is 0 Å². The van der Waals surface area contributed by atoms with Crippen molar-refractivity contribution in [1.82, 2.24) is 0 Å². The van der Waals surface area contributed by atoms with Crippen molar-refractivity contribution in [3.8, 4) is 33.4 Å². The van der Waals surface area contributed by atoms with Gasteiger partial charge >= 0.3 is 0 Å². The minimum absolute atomic E-state index is 0.868. The fourth-order valence-corrected chi connectivity index (χ4v) is 9.17. The van der Waals surface area contributed by atoms with E-state index < -0.39 is 0 Å². The van der Waals surface area contributed by atoms with E-state index in [0.717, 1.165) is 60.2 Å². The van der Waals surface area contributed by atoms with Crippen LogP contribution in [-0.4, -0.2) is 0 Å². The van der Waals surface area contributed by atoms with E-state index in [4.69, 9.17) is 8.83 Å². The van der Waals surface area contributed by atoms with Gasteiger partial charge in [-0.2, -0.15) is 0 Å². The van der Waals surface area contributed by atoms with Crippen molar-refractivity contribution < 1.29 is 8.83 Å². The molecule has 54 heavy (non-hydrogen) atoms. The van der Waals surface area contributed by atoms with E-state index in [1.165, 1.54) is 60.1 Å². The second-order valence-electron chi connectivity index (χ2n) is 14.3. The molecule has 2 aromatic heterocycles. The molecule has 12 rings (SSSR count). The van der Waals surface area contributed by atoms with Crippen LogP contribution in [0.15, 0.2) is 191 Å². The van der Waals surface area contributed by atoms with E-state index in [9.17, 15) is 0 Å². The highest BCUT2D eigenvalue weighted by molar-refractivity contribution is 6.34. The van der Waals surface area contributed by atoms with Crippen molar-refractivity contribution in [3.63, 3.8) is 0 Å². The highest BCUT2D eigenvalue weighted by Crippen LogP contribution is 2.48. The Balaban J connectivity index is 1.11. The van der Waals surface area contributed by atoms with E-state index in [-0.39, 0.29) is 0 Å². The number of hydrogen-bond acceptors (Lipinski definition) is 2. The van der Waals surface area contributed by atoms with E-state index in [1.54, 1.807) is 0 Å². The van der Waals surface area contributed by atoms with Gasteiger partial charge in [0.2, 0.25) is 0 Å². The zero-order valence-electron chi connectivity index (χ0n) is 29.1. The number of rotatable bonds is 3. The molecule has 0 radical (unpaired) electrons. The Kier molecular flexibility index (Phi) is 6.09. The summed E-state index contributed by atoms with van der Waals surface area (Å²) in [6, 6.07) is 65.4. The predicted octanol–water partition coefficient (Wildman–Crippen LogP) is 15.1. The van der Waals surface area contributed by atoms with Crippen LogP contribution in [0.4, 0.5) is 0 Å². The second kappa shape index (κ2) is 11.2. The third kappa shape index (κ3) is 4.05. The molecule has 12 aromatic rings. The van der Waals surface area contributed by atoms with Gasteiger partial charge in [0.05, 0.1) is 0 Å². The molecule has 0 saturated carbocycles. The molecule has 250 valence electrons. The fourth-order valence-electron chi connectivity index (χ4n) is 9.17. The topological polar surface area (TPSA) is 26.3 Å². The van der Waals surface area contributed by atoms with Gasteiger partial charge in [-0.15, -0.1) is 0 Å². The summed E-state index contributed by atoms with van der Waals surface area (Å²) in [5, 5.41) is 14.0. The Morgan fingerprint density at radius 1 is 0.259 bits per heavy atom. The zero-order valence-corrected chi connectivity index (χ0v) is 29.1. The lowest BCUT2D eigenvalue weighted by Gasteiger charge is -2.19. The summed E-state index contributed by atoms with van der Waals surface area (Å²) in [6.45, 7) is 0. The van der Waals surface area contributed by atoms with E-state index in [1.807, 2.05) is 12.1 Å². The number of benzene rings is 10. The lowest BCUT2D eigenvalue weighted by atomic mass is 9.84. The Morgan fingerprint density at radius 3 is 1.33 bits per heavy atom. The predicted molar refractivity (Wildman–Crippen MR) is 227 cm³/mol. The highest BCUT2D eigenvalue weighted by Gasteiger charge is 2.22. The SMILES string of the molecule is c1ccc(-c2c3ccccc3c(-c3ccc(-c4ccc5c(c4)oc4c6ccccc6c6oc7ccccc7c6c54)c4ccccc34)c3ccccc23)cc1. The molecule has 0 saturated heterocycles. The van der Waals surface area contributed by atoms with Crippen molar-refractivity contribution in [3.05, 3.63) is 182 Å². The van der Waals surface area contributed by atoms with Crippen molar-refractivity contribution in [1.29, 1.82) is 0 Å². The average molecular weight is 687 g/mol. The molecular weight excluding hydrogens is 657 g/mol. The van der Waals surface area contributed by atoms with Crippen LogP contribution in [0.3, 0.4) is 0 Å². The first-order valence-electron chi connectivity index (χ1n) is 18.5.